The Morgan fingerprint density at radius 2 is 1.96 bits per heavy atom. The third kappa shape index (κ3) is 3.20. The first-order valence-electron chi connectivity index (χ1n) is 8.66. The number of nitrogens with zero attached hydrogens (tertiary/aromatic N) is 2. The van der Waals surface area contributed by atoms with E-state index >= 15 is 0 Å². The summed E-state index contributed by atoms with van der Waals surface area (Å²) in [7, 11) is 0. The molecule has 26 heavy (non-hydrogen) atoms. The van der Waals surface area contributed by atoms with Gasteiger partial charge in [0.25, 0.3) is 0 Å². The molecule has 1 saturated heterocycles. The molecule has 0 unspecified atom stereocenters. The van der Waals surface area contributed by atoms with Gasteiger partial charge in [0.1, 0.15) is 19.0 Å². The first kappa shape index (κ1) is 16.7. The number of fused-ring (bicyclic) bond motifs is 1. The minimum absolute atomic E-state index is 0.0425. The van der Waals surface area contributed by atoms with Crippen molar-refractivity contribution in [2.45, 2.75) is 6.42 Å². The molecule has 5 nitrogen and oxygen atoms in total. The molecule has 0 aromatic heterocycles. The maximum Gasteiger partial charge on any atom is 0.249 e. The number of carbonyl (C=O) groups excluding carboxylic acids is 2. The third-order valence-corrected chi connectivity index (χ3v) is 4.84. The van der Waals surface area contributed by atoms with Gasteiger partial charge in [0.05, 0.1) is 6.61 Å². The van der Waals surface area contributed by atoms with Crippen molar-refractivity contribution in [1.82, 2.24) is 4.90 Å². The second kappa shape index (κ2) is 6.88. The van der Waals surface area contributed by atoms with E-state index in [1.807, 2.05) is 24.3 Å². The van der Waals surface area contributed by atoms with E-state index in [1.165, 1.54) is 12.1 Å². The molecule has 0 bridgehead atoms. The fraction of sp³-hybridized carbons (Fsp3) is 0.300. The minimum Gasteiger partial charge on any atom is -0.370 e. The predicted molar refractivity (Wildman–Crippen MR) is 95.3 cm³/mol. The van der Waals surface area contributed by atoms with E-state index in [0.29, 0.717) is 19.7 Å². The fourth-order valence-electron chi connectivity index (χ4n) is 3.47. The Hall–Kier alpha value is -2.73. The molecule has 0 atom stereocenters. The number of anilines is 1. The highest BCUT2D eigenvalue weighted by Gasteiger charge is 2.28. The van der Waals surface area contributed by atoms with Crippen LogP contribution in [-0.4, -0.2) is 49.6 Å². The summed E-state index contributed by atoms with van der Waals surface area (Å²) in [6.07, 6.45) is 0.751. The van der Waals surface area contributed by atoms with Crippen molar-refractivity contribution in [3.05, 3.63) is 53.8 Å². The van der Waals surface area contributed by atoms with Crippen molar-refractivity contribution in [2.24, 2.45) is 0 Å². The number of hydrogen-bond donors (Lipinski definition) is 0. The summed E-state index contributed by atoms with van der Waals surface area (Å²) in [6.45, 7) is 1.63. The minimum atomic E-state index is -0.269. The molecule has 0 radical (unpaired) electrons. The van der Waals surface area contributed by atoms with Crippen LogP contribution in [0.25, 0.3) is 11.1 Å². The average Bonchev–Trinajstić information content (AvgIpc) is 3.07. The van der Waals surface area contributed by atoms with Crippen molar-refractivity contribution in [3.63, 3.8) is 0 Å². The van der Waals surface area contributed by atoms with Crippen LogP contribution >= 0.6 is 0 Å². The summed E-state index contributed by atoms with van der Waals surface area (Å²) in [5, 5.41) is 0. The Balaban J connectivity index is 1.52. The van der Waals surface area contributed by atoms with Crippen LogP contribution < -0.4 is 4.90 Å². The SMILES string of the molecule is O=C1COCCN1CC(=O)N1CCc2cc(-c3cccc(F)c3)ccc21. The normalized spacial score (nSPS) is 16.7. The zero-order chi connectivity index (χ0) is 18.1. The first-order valence-corrected chi connectivity index (χ1v) is 8.66. The smallest absolute Gasteiger partial charge is 0.249 e. The summed E-state index contributed by atoms with van der Waals surface area (Å²) in [4.78, 5) is 27.8. The van der Waals surface area contributed by atoms with Gasteiger partial charge < -0.3 is 14.5 Å². The van der Waals surface area contributed by atoms with E-state index < -0.39 is 0 Å². The Bertz CT molecular complexity index is 868. The second-order valence-corrected chi connectivity index (χ2v) is 6.52. The highest BCUT2D eigenvalue weighted by atomic mass is 19.1. The van der Waals surface area contributed by atoms with Gasteiger partial charge in [-0.25, -0.2) is 4.39 Å². The van der Waals surface area contributed by atoms with Crippen LogP contribution in [0, 0.1) is 5.82 Å². The second-order valence-electron chi connectivity index (χ2n) is 6.52. The van der Waals surface area contributed by atoms with Crippen molar-refractivity contribution in [3.8, 4) is 11.1 Å². The maximum absolute atomic E-state index is 13.5. The molecule has 2 aliphatic heterocycles. The van der Waals surface area contributed by atoms with Gasteiger partial charge in [-0.1, -0.05) is 18.2 Å². The van der Waals surface area contributed by atoms with Gasteiger partial charge in [-0.2, -0.15) is 0 Å². The van der Waals surface area contributed by atoms with Gasteiger partial charge >= 0.3 is 0 Å². The van der Waals surface area contributed by atoms with E-state index in [9.17, 15) is 14.0 Å². The maximum atomic E-state index is 13.5. The molecule has 2 aromatic rings. The van der Waals surface area contributed by atoms with Crippen LogP contribution in [0.2, 0.25) is 0 Å². The summed E-state index contributed by atoms with van der Waals surface area (Å²) >= 11 is 0. The molecule has 0 spiro atoms. The summed E-state index contributed by atoms with van der Waals surface area (Å²) in [6, 6.07) is 12.3. The summed E-state index contributed by atoms with van der Waals surface area (Å²) in [5.41, 5.74) is 3.68. The molecule has 2 aromatic carbocycles. The molecular formula is C20H19FN2O3. The highest BCUT2D eigenvalue weighted by Crippen LogP contribution is 2.32. The van der Waals surface area contributed by atoms with E-state index in [-0.39, 0.29) is 30.8 Å². The third-order valence-electron chi connectivity index (χ3n) is 4.84. The quantitative estimate of drug-likeness (QED) is 0.849. The number of carbonyl (C=O) groups is 2. The van der Waals surface area contributed by atoms with E-state index in [1.54, 1.807) is 15.9 Å². The van der Waals surface area contributed by atoms with Crippen molar-refractivity contribution in [2.75, 3.05) is 37.7 Å². The number of hydrogen-bond acceptors (Lipinski definition) is 3. The average molecular weight is 354 g/mol. The van der Waals surface area contributed by atoms with Crippen LogP contribution in [0.3, 0.4) is 0 Å². The lowest BCUT2D eigenvalue weighted by Crippen LogP contribution is -2.47. The molecule has 2 heterocycles. The molecule has 0 aliphatic carbocycles. The monoisotopic (exact) mass is 354 g/mol. The number of rotatable bonds is 3. The number of halogens is 1. The molecule has 0 saturated carbocycles. The van der Waals surface area contributed by atoms with Crippen molar-refractivity contribution >= 4 is 17.5 Å². The molecule has 4 rings (SSSR count). The Morgan fingerprint density at radius 3 is 2.77 bits per heavy atom. The Labute approximate surface area is 151 Å². The first-order chi connectivity index (χ1) is 12.6. The van der Waals surface area contributed by atoms with E-state index in [0.717, 1.165) is 28.8 Å². The zero-order valence-electron chi connectivity index (χ0n) is 14.3. The zero-order valence-corrected chi connectivity index (χ0v) is 14.3. The number of benzene rings is 2. The van der Waals surface area contributed by atoms with Gasteiger partial charge in [-0.3, -0.25) is 9.59 Å². The summed E-state index contributed by atoms with van der Waals surface area (Å²) in [5.74, 6) is -0.502. The Morgan fingerprint density at radius 1 is 1.12 bits per heavy atom. The molecular weight excluding hydrogens is 335 g/mol. The number of ether oxygens (including phenoxy) is 1. The predicted octanol–water partition coefficient (Wildman–Crippen LogP) is 2.24. The van der Waals surface area contributed by atoms with Crippen LogP contribution in [0.4, 0.5) is 10.1 Å². The molecule has 0 N–H and O–H groups in total. The lowest BCUT2D eigenvalue weighted by molar-refractivity contribution is -0.145. The van der Waals surface area contributed by atoms with E-state index in [2.05, 4.69) is 0 Å². The van der Waals surface area contributed by atoms with Gasteiger partial charge in [-0.05, 0) is 47.4 Å². The lowest BCUT2D eigenvalue weighted by atomic mass is 10.0. The van der Waals surface area contributed by atoms with Crippen molar-refractivity contribution < 1.29 is 18.7 Å². The van der Waals surface area contributed by atoms with Gasteiger partial charge in [0.15, 0.2) is 0 Å². The van der Waals surface area contributed by atoms with Crippen LogP contribution in [-0.2, 0) is 20.7 Å². The van der Waals surface area contributed by atoms with Gasteiger partial charge in [0, 0.05) is 18.8 Å². The fourth-order valence-corrected chi connectivity index (χ4v) is 3.47. The highest BCUT2D eigenvalue weighted by molar-refractivity contribution is 5.99. The largest absolute Gasteiger partial charge is 0.370 e. The Kier molecular flexibility index (Phi) is 4.42. The molecule has 1 fully saturated rings. The molecule has 2 aliphatic rings. The number of amides is 2. The lowest BCUT2D eigenvalue weighted by Gasteiger charge is -2.28. The molecule has 2 amide bonds. The van der Waals surface area contributed by atoms with Crippen molar-refractivity contribution in [1.29, 1.82) is 0 Å². The van der Waals surface area contributed by atoms with Crippen LogP contribution in [0.1, 0.15) is 5.56 Å². The number of morpholine rings is 1. The van der Waals surface area contributed by atoms with E-state index in [4.69, 9.17) is 4.74 Å². The van der Waals surface area contributed by atoms with Crippen LogP contribution in [0.5, 0.6) is 0 Å². The standard InChI is InChI=1S/C20H19FN2O3/c21-17-3-1-2-14(11-17)15-4-5-18-16(10-15)6-7-23(18)19(24)12-22-8-9-26-13-20(22)25/h1-5,10-11H,6-9,12-13H2. The summed E-state index contributed by atoms with van der Waals surface area (Å²) < 4.78 is 18.6. The van der Waals surface area contributed by atoms with Gasteiger partial charge in [-0.15, -0.1) is 0 Å². The molecule has 6 heteroatoms. The van der Waals surface area contributed by atoms with Crippen LogP contribution in [0.15, 0.2) is 42.5 Å². The topological polar surface area (TPSA) is 49.9 Å². The molecule has 134 valence electrons. The van der Waals surface area contributed by atoms with Gasteiger partial charge in [0.2, 0.25) is 11.8 Å².